The van der Waals surface area contributed by atoms with Crippen LogP contribution >= 0.6 is 0 Å². The van der Waals surface area contributed by atoms with Gasteiger partial charge in [-0.15, -0.1) is 0 Å². The van der Waals surface area contributed by atoms with Crippen LogP contribution in [0.25, 0.3) is 0 Å². The highest BCUT2D eigenvalue weighted by Crippen LogP contribution is 2.16. The predicted octanol–water partition coefficient (Wildman–Crippen LogP) is 6.01. The van der Waals surface area contributed by atoms with Crippen LogP contribution in [0.4, 0.5) is 14.4 Å². The first-order chi connectivity index (χ1) is 18.4. The van der Waals surface area contributed by atoms with E-state index in [0.717, 1.165) is 5.56 Å². The molecule has 0 bridgehead atoms. The lowest BCUT2D eigenvalue weighted by Gasteiger charge is -2.29. The molecule has 40 heavy (non-hydrogen) atoms. The molecule has 11 nitrogen and oxygen atoms in total. The molecule has 0 aliphatic rings. The van der Waals surface area contributed by atoms with E-state index in [1.807, 2.05) is 24.3 Å². The minimum atomic E-state index is -0.767. The van der Waals surface area contributed by atoms with E-state index in [1.165, 1.54) is 4.90 Å². The molecule has 0 radical (unpaired) electrons. The van der Waals surface area contributed by atoms with Crippen LogP contribution in [0.1, 0.15) is 87.1 Å². The molecule has 0 atom stereocenters. The van der Waals surface area contributed by atoms with Gasteiger partial charge in [0.1, 0.15) is 22.6 Å². The number of hydrogen-bond donors (Lipinski definition) is 2. The molecule has 0 saturated heterocycles. The number of unbranched alkanes of at least 4 members (excludes halogenated alkanes) is 2. The zero-order valence-electron chi connectivity index (χ0n) is 25.8. The maximum atomic E-state index is 13.3. The number of nitrogens with one attached hydrogen (secondary N) is 2. The average molecular weight is 565 g/mol. The van der Waals surface area contributed by atoms with Crippen molar-refractivity contribution < 1.29 is 33.3 Å². The predicted molar refractivity (Wildman–Crippen MR) is 155 cm³/mol. The van der Waals surface area contributed by atoms with Crippen molar-refractivity contribution >= 4 is 24.2 Å². The number of benzene rings is 1. The Bertz CT molecular complexity index is 1000. The number of nitrogens with zero attached hydrogens (tertiary/aromatic N) is 2. The topological polar surface area (TPSA) is 128 Å². The third-order valence-corrected chi connectivity index (χ3v) is 4.75. The Hall–Kier alpha value is -3.50. The number of ether oxygens (including phenoxy) is 4. The molecule has 0 aliphatic carbocycles. The minimum Gasteiger partial charge on any atom is -0.497 e. The van der Waals surface area contributed by atoms with E-state index in [1.54, 1.807) is 69.4 Å². The molecule has 1 aromatic rings. The summed E-state index contributed by atoms with van der Waals surface area (Å²) in [5.41, 5.74) is -1.27. The van der Waals surface area contributed by atoms with Crippen molar-refractivity contribution in [2.75, 3.05) is 20.2 Å². The number of carbonyl (C=O) groups excluding carboxylic acids is 3. The highest BCUT2D eigenvalue weighted by atomic mass is 16.6. The molecule has 1 aromatic carbocycles. The number of hydrogen-bond acceptors (Lipinski definition) is 8. The van der Waals surface area contributed by atoms with Gasteiger partial charge >= 0.3 is 18.3 Å². The number of methoxy groups -OCH3 is 1. The van der Waals surface area contributed by atoms with E-state index < -0.39 is 35.1 Å². The van der Waals surface area contributed by atoms with Gasteiger partial charge in [0.15, 0.2) is 0 Å². The third-order valence-electron chi connectivity index (χ3n) is 4.75. The number of amides is 3. The van der Waals surface area contributed by atoms with E-state index in [-0.39, 0.29) is 19.0 Å². The van der Waals surface area contributed by atoms with E-state index in [0.29, 0.717) is 31.6 Å². The monoisotopic (exact) mass is 564 g/mol. The molecule has 0 aliphatic heterocycles. The van der Waals surface area contributed by atoms with Gasteiger partial charge in [0.05, 0.1) is 13.7 Å². The van der Waals surface area contributed by atoms with Crippen LogP contribution in [0.5, 0.6) is 5.75 Å². The lowest BCUT2D eigenvalue weighted by molar-refractivity contribution is 0.0355. The van der Waals surface area contributed by atoms with Gasteiger partial charge in [0.25, 0.3) is 0 Å². The smallest absolute Gasteiger partial charge is 0.417 e. The Morgan fingerprint density at radius 3 is 2.00 bits per heavy atom. The number of guanidine groups is 1. The average Bonchev–Trinajstić information content (AvgIpc) is 2.78. The number of carbonyl (C=O) groups is 3. The zero-order chi connectivity index (χ0) is 30.6. The fourth-order valence-electron chi connectivity index (χ4n) is 3.20. The summed E-state index contributed by atoms with van der Waals surface area (Å²) in [7, 11) is 1.57. The fraction of sp³-hybridized carbons (Fsp3) is 0.655. The number of alkyl carbamates (subject to hydrolysis) is 2. The highest BCUT2D eigenvalue weighted by molar-refractivity contribution is 6.01. The van der Waals surface area contributed by atoms with Crippen molar-refractivity contribution in [1.82, 2.24) is 15.5 Å². The standard InChI is InChI=1S/C29H48N4O7/c1-27(2,3)38-24(34)30-17-12-11-13-18-33(26(36)40-29(7,8)9)23(32-25(35)39-28(4,5)6)31-20-21-15-14-16-22(19-21)37-10/h14-16,19H,11-13,17-18,20H2,1-10H3,(H,30,34)(H,31,32,35). The number of rotatable bonds is 9. The molecule has 3 amide bonds. The van der Waals surface area contributed by atoms with Gasteiger partial charge in [-0.3, -0.25) is 5.32 Å². The van der Waals surface area contributed by atoms with Gasteiger partial charge in [0, 0.05) is 13.1 Å². The van der Waals surface area contributed by atoms with Gasteiger partial charge in [0.2, 0.25) is 5.96 Å². The quantitative estimate of drug-likeness (QED) is 0.163. The first-order valence-electron chi connectivity index (χ1n) is 13.5. The van der Waals surface area contributed by atoms with Gasteiger partial charge in [-0.2, -0.15) is 0 Å². The van der Waals surface area contributed by atoms with Crippen molar-refractivity contribution in [1.29, 1.82) is 0 Å². The molecule has 2 N–H and O–H groups in total. The second kappa shape index (κ2) is 15.3. The summed E-state index contributed by atoms with van der Waals surface area (Å²) in [6, 6.07) is 7.34. The lowest BCUT2D eigenvalue weighted by Crippen LogP contribution is -2.50. The normalized spacial score (nSPS) is 12.3. The Balaban J connectivity index is 3.07. The van der Waals surface area contributed by atoms with Gasteiger partial charge in [-0.1, -0.05) is 12.1 Å². The summed E-state index contributed by atoms with van der Waals surface area (Å²) < 4.78 is 21.6. The van der Waals surface area contributed by atoms with Gasteiger partial charge in [-0.25, -0.2) is 24.3 Å². The minimum absolute atomic E-state index is 0.0122. The fourth-order valence-corrected chi connectivity index (χ4v) is 3.20. The molecular weight excluding hydrogens is 516 g/mol. The van der Waals surface area contributed by atoms with E-state index in [9.17, 15) is 14.4 Å². The molecule has 0 unspecified atom stereocenters. The summed E-state index contributed by atoms with van der Waals surface area (Å²) in [6.07, 6.45) is 0.0360. The molecule has 226 valence electrons. The summed E-state index contributed by atoms with van der Waals surface area (Å²) in [4.78, 5) is 43.7. The second-order valence-corrected chi connectivity index (χ2v) is 12.2. The Labute approximate surface area is 239 Å². The summed E-state index contributed by atoms with van der Waals surface area (Å²) >= 11 is 0. The van der Waals surface area contributed by atoms with Crippen molar-refractivity contribution in [2.24, 2.45) is 4.99 Å². The van der Waals surface area contributed by atoms with Gasteiger partial charge < -0.3 is 24.3 Å². The maximum Gasteiger partial charge on any atom is 0.417 e. The molecule has 0 fully saturated rings. The lowest BCUT2D eigenvalue weighted by atomic mass is 10.2. The van der Waals surface area contributed by atoms with Crippen LogP contribution in [0.2, 0.25) is 0 Å². The molecular formula is C29H48N4O7. The van der Waals surface area contributed by atoms with Crippen molar-refractivity contribution in [3.8, 4) is 5.75 Å². The molecule has 0 spiro atoms. The molecule has 11 heteroatoms. The molecule has 0 saturated carbocycles. The van der Waals surface area contributed by atoms with Crippen LogP contribution in [0, 0.1) is 0 Å². The highest BCUT2D eigenvalue weighted by Gasteiger charge is 2.28. The van der Waals surface area contributed by atoms with E-state index >= 15 is 0 Å². The largest absolute Gasteiger partial charge is 0.497 e. The van der Waals surface area contributed by atoms with Crippen LogP contribution in [-0.4, -0.2) is 66.1 Å². The summed E-state index contributed by atoms with van der Waals surface area (Å²) in [6.45, 7) is 16.7. The van der Waals surface area contributed by atoms with Crippen LogP contribution in [0.3, 0.4) is 0 Å². The molecule has 0 heterocycles. The SMILES string of the molecule is COc1cccc(CN=C(NC(=O)OC(C)(C)C)N(CCCCCNC(=O)OC(C)(C)C)C(=O)OC(C)(C)C)c1. The Kier molecular flexibility index (Phi) is 13.2. The van der Waals surface area contributed by atoms with E-state index in [2.05, 4.69) is 15.6 Å². The first-order valence-corrected chi connectivity index (χ1v) is 13.5. The van der Waals surface area contributed by atoms with Crippen LogP contribution < -0.4 is 15.4 Å². The number of aliphatic imine (C=N–C) groups is 1. The van der Waals surface area contributed by atoms with Crippen molar-refractivity contribution in [2.45, 2.75) is 105 Å². The van der Waals surface area contributed by atoms with Crippen molar-refractivity contribution in [3.05, 3.63) is 29.8 Å². The first kappa shape index (κ1) is 34.5. The Morgan fingerprint density at radius 2 is 1.43 bits per heavy atom. The second-order valence-electron chi connectivity index (χ2n) is 12.2. The summed E-state index contributed by atoms with van der Waals surface area (Å²) in [5.74, 6) is 0.677. The zero-order valence-corrected chi connectivity index (χ0v) is 25.8. The van der Waals surface area contributed by atoms with Gasteiger partial charge in [-0.05, 0) is 99.3 Å². The Morgan fingerprint density at radius 1 is 0.825 bits per heavy atom. The molecule has 1 rings (SSSR count). The third kappa shape index (κ3) is 15.8. The molecule has 0 aromatic heterocycles. The summed E-state index contributed by atoms with van der Waals surface area (Å²) in [5, 5.41) is 5.36. The van der Waals surface area contributed by atoms with Crippen LogP contribution in [-0.2, 0) is 20.8 Å². The van der Waals surface area contributed by atoms with Crippen molar-refractivity contribution in [3.63, 3.8) is 0 Å². The van der Waals surface area contributed by atoms with Crippen LogP contribution in [0.15, 0.2) is 29.3 Å². The van der Waals surface area contributed by atoms with E-state index in [4.69, 9.17) is 18.9 Å². The maximum absolute atomic E-state index is 13.3.